The predicted octanol–water partition coefficient (Wildman–Crippen LogP) is 4.15. The van der Waals surface area contributed by atoms with E-state index in [0.717, 1.165) is 28.5 Å². The highest BCUT2D eigenvalue weighted by Crippen LogP contribution is 2.29. The lowest BCUT2D eigenvalue weighted by Crippen LogP contribution is -2.31. The maximum Gasteiger partial charge on any atom is 0.263 e. The Hall–Kier alpha value is -2.54. The molecule has 6 nitrogen and oxygen atoms in total. The summed E-state index contributed by atoms with van der Waals surface area (Å²) in [6.45, 7) is 12.0. The second-order valence-electron chi connectivity index (χ2n) is 6.92. The number of hydrogen-bond donors (Lipinski definition) is 1. The first-order valence-electron chi connectivity index (χ1n) is 9.10. The van der Waals surface area contributed by atoms with E-state index in [1.165, 1.54) is 22.5 Å². The van der Waals surface area contributed by atoms with E-state index < -0.39 is 0 Å². The Balaban J connectivity index is 1.94. The van der Waals surface area contributed by atoms with Crippen LogP contribution < -0.4 is 5.32 Å². The molecule has 1 unspecified atom stereocenters. The Kier molecular flexibility index (Phi) is 5.41. The fourth-order valence-corrected chi connectivity index (χ4v) is 3.74. The molecule has 1 amide bonds. The zero-order valence-corrected chi connectivity index (χ0v) is 17.4. The van der Waals surface area contributed by atoms with Gasteiger partial charge in [-0.25, -0.2) is 9.67 Å². The molecule has 0 saturated heterocycles. The molecule has 1 aromatic carbocycles. The number of aromatic nitrogens is 4. The number of nitrogens with one attached hydrogen (secondary N) is 1. The number of aryl methyl sites for hydroxylation is 3. The molecular formula is C20H25N5OS. The summed E-state index contributed by atoms with van der Waals surface area (Å²) < 4.78 is 1.82. The second-order valence-corrected chi connectivity index (χ2v) is 7.92. The molecule has 0 spiro atoms. The van der Waals surface area contributed by atoms with Crippen LogP contribution in [0.1, 0.15) is 52.5 Å². The highest BCUT2D eigenvalue weighted by atomic mass is 32.1. The van der Waals surface area contributed by atoms with Gasteiger partial charge in [-0.15, -0.1) is 16.4 Å². The zero-order chi connectivity index (χ0) is 19.7. The maximum absolute atomic E-state index is 12.5. The molecule has 0 bridgehead atoms. The van der Waals surface area contributed by atoms with E-state index in [1.807, 2.05) is 38.4 Å². The van der Waals surface area contributed by atoms with Gasteiger partial charge < -0.3 is 5.32 Å². The van der Waals surface area contributed by atoms with Crippen LogP contribution >= 0.6 is 11.3 Å². The van der Waals surface area contributed by atoms with E-state index in [0.29, 0.717) is 10.6 Å². The molecule has 0 aliphatic heterocycles. The first-order chi connectivity index (χ1) is 12.8. The van der Waals surface area contributed by atoms with Crippen molar-refractivity contribution in [3.63, 3.8) is 0 Å². The average molecular weight is 384 g/mol. The second kappa shape index (κ2) is 7.60. The minimum absolute atomic E-state index is 0.0789. The highest BCUT2D eigenvalue weighted by molar-refractivity contribution is 7.17. The molecule has 0 fully saturated rings. The van der Waals surface area contributed by atoms with E-state index in [9.17, 15) is 4.79 Å². The summed E-state index contributed by atoms with van der Waals surface area (Å²) in [7, 11) is 0. The molecule has 142 valence electrons. The van der Waals surface area contributed by atoms with Gasteiger partial charge in [-0.2, -0.15) is 0 Å². The molecule has 2 heterocycles. The molecule has 0 aliphatic rings. The lowest BCUT2D eigenvalue weighted by Gasteiger charge is -2.09. The lowest BCUT2D eigenvalue weighted by molar-refractivity contribution is 0.0942. The van der Waals surface area contributed by atoms with Gasteiger partial charge in [0.2, 0.25) is 0 Å². The number of hydrogen-bond acceptors (Lipinski definition) is 5. The SMILES string of the molecule is CCC(C)NC(=O)c1sc(-c2nnn(-c3ccc(C)c(C)c3)c2C)nc1C. The molecular weight excluding hydrogens is 358 g/mol. The molecule has 0 aliphatic carbocycles. The minimum Gasteiger partial charge on any atom is -0.349 e. The van der Waals surface area contributed by atoms with Gasteiger partial charge in [0.25, 0.3) is 5.91 Å². The fraction of sp³-hybridized carbons (Fsp3) is 0.400. The van der Waals surface area contributed by atoms with Gasteiger partial charge in [0, 0.05) is 6.04 Å². The number of benzene rings is 1. The first kappa shape index (κ1) is 19.2. The third-order valence-electron chi connectivity index (χ3n) is 4.82. The van der Waals surface area contributed by atoms with Gasteiger partial charge in [-0.05, 0) is 64.3 Å². The van der Waals surface area contributed by atoms with Crippen molar-refractivity contribution in [3.8, 4) is 16.4 Å². The number of amides is 1. The lowest BCUT2D eigenvalue weighted by atomic mass is 10.1. The Morgan fingerprint density at radius 1 is 1.22 bits per heavy atom. The van der Waals surface area contributed by atoms with Gasteiger partial charge in [0.05, 0.1) is 17.1 Å². The van der Waals surface area contributed by atoms with Crippen molar-refractivity contribution in [1.29, 1.82) is 0 Å². The Morgan fingerprint density at radius 3 is 2.63 bits per heavy atom. The molecule has 3 aromatic rings. The van der Waals surface area contributed by atoms with Crippen LogP contribution in [0.25, 0.3) is 16.4 Å². The molecule has 0 radical (unpaired) electrons. The van der Waals surface area contributed by atoms with Crippen LogP contribution in [0, 0.1) is 27.7 Å². The largest absolute Gasteiger partial charge is 0.349 e. The third kappa shape index (κ3) is 3.78. The van der Waals surface area contributed by atoms with Gasteiger partial charge in [0.1, 0.15) is 15.6 Å². The van der Waals surface area contributed by atoms with Gasteiger partial charge in [-0.1, -0.05) is 18.2 Å². The van der Waals surface area contributed by atoms with Crippen LogP contribution in [0.4, 0.5) is 0 Å². The van der Waals surface area contributed by atoms with Gasteiger partial charge >= 0.3 is 0 Å². The molecule has 1 N–H and O–H groups in total. The fourth-order valence-electron chi connectivity index (χ4n) is 2.73. The van der Waals surface area contributed by atoms with Crippen molar-refractivity contribution in [1.82, 2.24) is 25.3 Å². The normalized spacial score (nSPS) is 12.2. The first-order valence-corrected chi connectivity index (χ1v) is 9.92. The number of rotatable bonds is 5. The van der Waals surface area contributed by atoms with Gasteiger partial charge in [-0.3, -0.25) is 4.79 Å². The van der Waals surface area contributed by atoms with Gasteiger partial charge in [0.15, 0.2) is 0 Å². The number of nitrogens with zero attached hydrogens (tertiary/aromatic N) is 4. The van der Waals surface area contributed by atoms with Crippen LogP contribution in [0.3, 0.4) is 0 Å². The molecule has 7 heteroatoms. The Bertz CT molecular complexity index is 988. The van der Waals surface area contributed by atoms with Crippen molar-refractivity contribution in [2.75, 3.05) is 0 Å². The van der Waals surface area contributed by atoms with E-state index in [2.05, 4.69) is 46.6 Å². The monoisotopic (exact) mass is 383 g/mol. The van der Waals surface area contributed by atoms with Crippen LogP contribution in [0.2, 0.25) is 0 Å². The van der Waals surface area contributed by atoms with Crippen LogP contribution in [-0.4, -0.2) is 31.9 Å². The van der Waals surface area contributed by atoms with Crippen molar-refractivity contribution >= 4 is 17.2 Å². The smallest absolute Gasteiger partial charge is 0.263 e. The zero-order valence-electron chi connectivity index (χ0n) is 16.6. The van der Waals surface area contributed by atoms with Crippen LogP contribution in [0.5, 0.6) is 0 Å². The average Bonchev–Trinajstić information content (AvgIpc) is 3.20. The van der Waals surface area contributed by atoms with E-state index in [1.54, 1.807) is 0 Å². The predicted molar refractivity (Wildman–Crippen MR) is 109 cm³/mol. The summed E-state index contributed by atoms with van der Waals surface area (Å²) >= 11 is 1.36. The third-order valence-corrected chi connectivity index (χ3v) is 5.99. The Morgan fingerprint density at radius 2 is 1.96 bits per heavy atom. The summed E-state index contributed by atoms with van der Waals surface area (Å²) in [5, 5.41) is 12.4. The standard InChI is InChI=1S/C20H25N5OS/c1-7-13(4)21-19(26)18-14(5)22-20(27-18)17-15(6)25(24-23-17)16-9-8-11(2)12(3)10-16/h8-10,13H,7H2,1-6H3,(H,21,26). The maximum atomic E-state index is 12.5. The van der Waals surface area contributed by atoms with Crippen molar-refractivity contribution in [2.45, 2.75) is 54.0 Å². The number of carbonyl (C=O) groups excluding carboxylic acids is 1. The quantitative estimate of drug-likeness (QED) is 0.718. The molecule has 2 aromatic heterocycles. The minimum atomic E-state index is -0.0789. The van der Waals surface area contributed by atoms with E-state index in [4.69, 9.17) is 0 Å². The van der Waals surface area contributed by atoms with Crippen LogP contribution in [-0.2, 0) is 0 Å². The molecule has 3 rings (SSSR count). The number of carbonyl (C=O) groups is 1. The highest BCUT2D eigenvalue weighted by Gasteiger charge is 2.21. The summed E-state index contributed by atoms with van der Waals surface area (Å²) in [5.41, 5.74) is 5.75. The molecule has 27 heavy (non-hydrogen) atoms. The number of thiazole rings is 1. The summed E-state index contributed by atoms with van der Waals surface area (Å²) in [6.07, 6.45) is 0.889. The summed E-state index contributed by atoms with van der Waals surface area (Å²) in [4.78, 5) is 17.7. The van der Waals surface area contributed by atoms with Crippen molar-refractivity contribution in [2.24, 2.45) is 0 Å². The van der Waals surface area contributed by atoms with E-state index in [-0.39, 0.29) is 11.9 Å². The summed E-state index contributed by atoms with van der Waals surface area (Å²) in [6, 6.07) is 6.34. The Labute approximate surface area is 163 Å². The topological polar surface area (TPSA) is 72.7 Å². The van der Waals surface area contributed by atoms with Crippen LogP contribution in [0.15, 0.2) is 18.2 Å². The molecule has 0 saturated carbocycles. The van der Waals surface area contributed by atoms with Crippen molar-refractivity contribution in [3.05, 3.63) is 45.6 Å². The van der Waals surface area contributed by atoms with Crippen molar-refractivity contribution < 1.29 is 4.79 Å². The summed E-state index contributed by atoms with van der Waals surface area (Å²) in [5.74, 6) is -0.0789. The molecule has 1 atom stereocenters. The van der Waals surface area contributed by atoms with E-state index >= 15 is 0 Å².